The van der Waals surface area contributed by atoms with Gasteiger partial charge in [-0.3, -0.25) is 9.69 Å². The summed E-state index contributed by atoms with van der Waals surface area (Å²) in [5, 5.41) is 0.754. The number of thiazole rings is 1. The molecule has 0 spiro atoms. The van der Waals surface area contributed by atoms with Gasteiger partial charge in [0.25, 0.3) is 5.91 Å². The van der Waals surface area contributed by atoms with Gasteiger partial charge in [0.2, 0.25) is 0 Å². The van der Waals surface area contributed by atoms with Crippen LogP contribution in [-0.4, -0.2) is 27.0 Å². The van der Waals surface area contributed by atoms with Crippen LogP contribution in [0, 0.1) is 13.8 Å². The highest BCUT2D eigenvalue weighted by Crippen LogP contribution is 2.33. The molecular weight excluding hydrogens is 416 g/mol. The van der Waals surface area contributed by atoms with Gasteiger partial charge in [0.1, 0.15) is 0 Å². The van der Waals surface area contributed by atoms with Crippen LogP contribution in [0.3, 0.4) is 0 Å². The molecule has 0 atom stereocenters. The second-order valence-corrected chi connectivity index (χ2v) is 10.3. The molecular formula is C26H30N4OS. The minimum atomic E-state index is -0.00970. The van der Waals surface area contributed by atoms with Crippen molar-refractivity contribution in [3.05, 3.63) is 77.4 Å². The summed E-state index contributed by atoms with van der Waals surface area (Å²) in [7, 11) is 0. The minimum Gasteiger partial charge on any atom is -0.337 e. The molecule has 0 bridgehead atoms. The van der Waals surface area contributed by atoms with E-state index in [4.69, 9.17) is 4.98 Å². The molecule has 6 heteroatoms. The third-order valence-electron chi connectivity index (χ3n) is 5.90. The minimum absolute atomic E-state index is 0.00970. The van der Waals surface area contributed by atoms with Crippen LogP contribution in [0.2, 0.25) is 0 Å². The summed E-state index contributed by atoms with van der Waals surface area (Å²) in [6.45, 7) is 12.1. The molecule has 0 radical (unpaired) electrons. The molecule has 2 heterocycles. The highest BCUT2D eigenvalue weighted by Gasteiger charge is 2.23. The first-order valence-corrected chi connectivity index (χ1v) is 11.8. The van der Waals surface area contributed by atoms with E-state index in [1.54, 1.807) is 23.9 Å². The molecule has 32 heavy (non-hydrogen) atoms. The molecule has 5 nitrogen and oxygen atoms in total. The van der Waals surface area contributed by atoms with Crippen molar-refractivity contribution in [2.75, 3.05) is 11.4 Å². The van der Waals surface area contributed by atoms with Gasteiger partial charge in [-0.25, -0.2) is 9.97 Å². The molecule has 0 saturated heterocycles. The largest absolute Gasteiger partial charge is 0.337 e. The number of nitrogens with zero attached hydrogens (tertiary/aromatic N) is 4. The van der Waals surface area contributed by atoms with E-state index in [1.165, 1.54) is 16.7 Å². The Labute approximate surface area is 193 Å². The maximum atomic E-state index is 13.6. The van der Waals surface area contributed by atoms with Crippen molar-refractivity contribution in [1.29, 1.82) is 0 Å². The standard InChI is InChI=1S/C26H30N4OS/c1-18-7-12-22-23(19(18)2)28-25(32-22)30(15-6-14-29-16-13-27-17-29)24(31)20-8-10-21(11-9-20)26(3,4)5/h7-13,16-17H,6,14-15H2,1-5H3. The number of imidazole rings is 1. The normalized spacial score (nSPS) is 11.8. The van der Waals surface area contributed by atoms with Crippen molar-refractivity contribution in [3.63, 3.8) is 0 Å². The lowest BCUT2D eigenvalue weighted by Gasteiger charge is -2.22. The molecule has 0 aliphatic carbocycles. The number of aromatic nitrogens is 3. The summed E-state index contributed by atoms with van der Waals surface area (Å²) in [4.78, 5) is 24.4. The van der Waals surface area contributed by atoms with E-state index in [2.05, 4.69) is 63.9 Å². The van der Waals surface area contributed by atoms with Crippen LogP contribution in [-0.2, 0) is 12.0 Å². The van der Waals surface area contributed by atoms with Gasteiger partial charge >= 0.3 is 0 Å². The summed E-state index contributed by atoms with van der Waals surface area (Å²) in [5.74, 6) is -0.00970. The number of hydrogen-bond donors (Lipinski definition) is 0. The number of fused-ring (bicyclic) bond motifs is 1. The molecule has 1 amide bonds. The van der Waals surface area contributed by atoms with E-state index in [0.29, 0.717) is 12.1 Å². The topological polar surface area (TPSA) is 51.0 Å². The van der Waals surface area contributed by atoms with Crippen LogP contribution < -0.4 is 4.90 Å². The third kappa shape index (κ3) is 4.60. The van der Waals surface area contributed by atoms with Crippen molar-refractivity contribution in [3.8, 4) is 0 Å². The van der Waals surface area contributed by atoms with E-state index >= 15 is 0 Å². The van der Waals surface area contributed by atoms with E-state index in [1.807, 2.05) is 27.8 Å². The number of anilines is 1. The number of carbonyl (C=O) groups excluding carboxylic acids is 1. The zero-order valence-electron chi connectivity index (χ0n) is 19.4. The van der Waals surface area contributed by atoms with Gasteiger partial charge in [-0.15, -0.1) is 0 Å². The molecule has 0 unspecified atom stereocenters. The lowest BCUT2D eigenvalue weighted by atomic mass is 9.86. The third-order valence-corrected chi connectivity index (χ3v) is 6.95. The molecule has 4 rings (SSSR count). The Morgan fingerprint density at radius 1 is 1.09 bits per heavy atom. The van der Waals surface area contributed by atoms with Gasteiger partial charge in [0.05, 0.1) is 16.5 Å². The first-order chi connectivity index (χ1) is 15.2. The fourth-order valence-electron chi connectivity index (χ4n) is 3.71. The zero-order chi connectivity index (χ0) is 22.9. The number of rotatable bonds is 6. The zero-order valence-corrected chi connectivity index (χ0v) is 20.2. The first kappa shape index (κ1) is 22.2. The predicted molar refractivity (Wildman–Crippen MR) is 133 cm³/mol. The van der Waals surface area contributed by atoms with E-state index in [9.17, 15) is 4.79 Å². The predicted octanol–water partition coefficient (Wildman–Crippen LogP) is 6.14. The summed E-state index contributed by atoms with van der Waals surface area (Å²) >= 11 is 1.58. The van der Waals surface area contributed by atoms with Gasteiger partial charge in [-0.2, -0.15) is 0 Å². The molecule has 0 saturated carbocycles. The Morgan fingerprint density at radius 2 is 1.84 bits per heavy atom. The quantitative estimate of drug-likeness (QED) is 0.357. The molecule has 2 aromatic heterocycles. The Kier molecular flexibility index (Phi) is 6.15. The molecule has 4 aromatic rings. The Morgan fingerprint density at radius 3 is 2.50 bits per heavy atom. The number of amides is 1. The van der Waals surface area contributed by atoms with Crippen molar-refractivity contribution < 1.29 is 4.79 Å². The highest BCUT2D eigenvalue weighted by atomic mass is 32.1. The van der Waals surface area contributed by atoms with Crippen LogP contribution in [0.15, 0.2) is 55.1 Å². The number of aryl methyl sites for hydroxylation is 3. The fraction of sp³-hybridized carbons (Fsp3) is 0.346. The van der Waals surface area contributed by atoms with Crippen molar-refractivity contribution in [2.24, 2.45) is 0 Å². The summed E-state index contributed by atoms with van der Waals surface area (Å²) in [6.07, 6.45) is 6.34. The Balaban J connectivity index is 1.65. The maximum Gasteiger partial charge on any atom is 0.260 e. The molecule has 0 fully saturated rings. The second-order valence-electron chi connectivity index (χ2n) is 9.29. The van der Waals surface area contributed by atoms with Gasteiger partial charge in [-0.05, 0) is 60.6 Å². The van der Waals surface area contributed by atoms with Crippen LogP contribution in [0.5, 0.6) is 0 Å². The SMILES string of the molecule is Cc1ccc2sc(N(CCCn3ccnc3)C(=O)c3ccc(C(C)(C)C)cc3)nc2c1C. The Hall–Kier alpha value is -2.99. The van der Waals surface area contributed by atoms with Crippen molar-refractivity contribution in [2.45, 2.75) is 53.0 Å². The lowest BCUT2D eigenvalue weighted by molar-refractivity contribution is 0.0986. The van der Waals surface area contributed by atoms with Crippen LogP contribution >= 0.6 is 11.3 Å². The van der Waals surface area contributed by atoms with Gasteiger partial charge in [0, 0.05) is 31.0 Å². The van der Waals surface area contributed by atoms with Crippen molar-refractivity contribution >= 4 is 32.6 Å². The smallest absolute Gasteiger partial charge is 0.260 e. The van der Waals surface area contributed by atoms with Crippen LogP contribution in [0.25, 0.3) is 10.2 Å². The monoisotopic (exact) mass is 446 g/mol. The Bertz CT molecular complexity index is 1220. The average Bonchev–Trinajstić information content (AvgIpc) is 3.43. The number of hydrogen-bond acceptors (Lipinski definition) is 4. The summed E-state index contributed by atoms with van der Waals surface area (Å²) in [6, 6.07) is 12.2. The van der Waals surface area contributed by atoms with Crippen molar-refractivity contribution in [1.82, 2.24) is 14.5 Å². The summed E-state index contributed by atoms with van der Waals surface area (Å²) < 4.78 is 3.14. The van der Waals surface area contributed by atoms with Crippen LogP contribution in [0.4, 0.5) is 5.13 Å². The molecule has 2 aromatic carbocycles. The first-order valence-electron chi connectivity index (χ1n) is 11.0. The summed E-state index contributed by atoms with van der Waals surface area (Å²) in [5.41, 5.74) is 5.32. The number of benzene rings is 2. The van der Waals surface area contributed by atoms with E-state index in [0.717, 1.165) is 28.3 Å². The fourth-order valence-corrected chi connectivity index (χ4v) is 4.76. The van der Waals surface area contributed by atoms with Crippen LogP contribution in [0.1, 0.15) is 54.2 Å². The second kappa shape index (κ2) is 8.87. The van der Waals surface area contributed by atoms with Gasteiger partial charge in [-0.1, -0.05) is 50.3 Å². The van der Waals surface area contributed by atoms with Gasteiger partial charge < -0.3 is 4.57 Å². The van der Waals surface area contributed by atoms with Gasteiger partial charge in [0.15, 0.2) is 5.13 Å². The molecule has 0 N–H and O–H groups in total. The highest BCUT2D eigenvalue weighted by molar-refractivity contribution is 7.22. The van der Waals surface area contributed by atoms with E-state index in [-0.39, 0.29) is 11.3 Å². The molecule has 0 aliphatic heterocycles. The number of carbonyl (C=O) groups is 1. The molecule has 0 aliphatic rings. The van der Waals surface area contributed by atoms with E-state index < -0.39 is 0 Å². The molecule has 166 valence electrons. The maximum absolute atomic E-state index is 13.6. The lowest BCUT2D eigenvalue weighted by Crippen LogP contribution is -2.32. The average molecular weight is 447 g/mol.